The number of nitrogens with zero attached hydrogens (tertiary/aromatic N) is 3. The van der Waals surface area contributed by atoms with E-state index in [4.69, 9.17) is 0 Å². The molecule has 1 atom stereocenters. The monoisotopic (exact) mass is 468 g/mol. The molecule has 2 aliphatic heterocycles. The van der Waals surface area contributed by atoms with Gasteiger partial charge in [-0.25, -0.2) is 13.4 Å². The lowest BCUT2D eigenvalue weighted by Gasteiger charge is -2.37. The topological polar surface area (TPSA) is 99.7 Å². The van der Waals surface area contributed by atoms with E-state index < -0.39 is 9.84 Å². The summed E-state index contributed by atoms with van der Waals surface area (Å²) >= 11 is 1.43. The van der Waals surface area contributed by atoms with E-state index >= 15 is 0 Å². The van der Waals surface area contributed by atoms with Crippen molar-refractivity contribution in [2.75, 3.05) is 36.5 Å². The van der Waals surface area contributed by atoms with Gasteiger partial charge in [-0.1, -0.05) is 12.8 Å². The fraction of sp³-hybridized carbons (Fsp3) is 0.762. The van der Waals surface area contributed by atoms with Crippen LogP contribution in [0.5, 0.6) is 0 Å². The lowest BCUT2D eigenvalue weighted by molar-refractivity contribution is -0.137. The number of rotatable bonds is 6. The van der Waals surface area contributed by atoms with Crippen molar-refractivity contribution in [3.05, 3.63) is 11.1 Å². The molecule has 31 heavy (non-hydrogen) atoms. The zero-order valence-electron chi connectivity index (χ0n) is 18.1. The zero-order valence-corrected chi connectivity index (χ0v) is 19.7. The van der Waals surface area contributed by atoms with Gasteiger partial charge in [-0.2, -0.15) is 0 Å². The van der Waals surface area contributed by atoms with Crippen LogP contribution in [-0.4, -0.2) is 78.2 Å². The SMILES string of the molecule is Cc1csc(NC(=O)C2CCN(CC(=O)N(C3CCCC3)C3CCS(=O)(=O)C3)CC2)n1. The molecule has 1 aromatic heterocycles. The number of carbonyl (C=O) groups excluding carboxylic acids is 2. The number of nitrogens with one attached hydrogen (secondary N) is 1. The third-order valence-electron chi connectivity index (χ3n) is 6.77. The molecule has 10 heteroatoms. The summed E-state index contributed by atoms with van der Waals surface area (Å²) in [6.45, 7) is 3.61. The summed E-state index contributed by atoms with van der Waals surface area (Å²) in [6, 6.07) is 0.00142. The number of aryl methyl sites for hydroxylation is 1. The van der Waals surface area contributed by atoms with Gasteiger partial charge < -0.3 is 10.2 Å². The van der Waals surface area contributed by atoms with E-state index in [0.717, 1.165) is 31.4 Å². The Kier molecular flexibility index (Phi) is 6.98. The number of amides is 2. The van der Waals surface area contributed by atoms with Crippen molar-refractivity contribution in [3.8, 4) is 0 Å². The van der Waals surface area contributed by atoms with Gasteiger partial charge in [0, 0.05) is 23.4 Å². The Morgan fingerprint density at radius 1 is 1.16 bits per heavy atom. The van der Waals surface area contributed by atoms with Crippen molar-refractivity contribution < 1.29 is 18.0 Å². The van der Waals surface area contributed by atoms with Gasteiger partial charge in [0.05, 0.1) is 23.7 Å². The van der Waals surface area contributed by atoms with Crippen LogP contribution in [0.15, 0.2) is 5.38 Å². The largest absolute Gasteiger partial charge is 0.335 e. The second kappa shape index (κ2) is 9.54. The molecule has 1 aromatic rings. The van der Waals surface area contributed by atoms with Gasteiger partial charge in [0.2, 0.25) is 11.8 Å². The van der Waals surface area contributed by atoms with Crippen molar-refractivity contribution in [3.63, 3.8) is 0 Å². The number of carbonyl (C=O) groups is 2. The number of hydrogen-bond donors (Lipinski definition) is 1. The van der Waals surface area contributed by atoms with E-state index in [-0.39, 0.29) is 41.3 Å². The molecule has 1 N–H and O–H groups in total. The predicted octanol–water partition coefficient (Wildman–Crippen LogP) is 2.06. The molecule has 4 rings (SSSR count). The molecule has 3 fully saturated rings. The van der Waals surface area contributed by atoms with Crippen LogP contribution in [0.1, 0.15) is 50.6 Å². The summed E-state index contributed by atoms with van der Waals surface area (Å²) in [6.07, 6.45) is 6.14. The summed E-state index contributed by atoms with van der Waals surface area (Å²) < 4.78 is 24.0. The summed E-state index contributed by atoms with van der Waals surface area (Å²) in [5.41, 5.74) is 0.899. The average molecular weight is 469 g/mol. The van der Waals surface area contributed by atoms with Gasteiger partial charge in [0.25, 0.3) is 0 Å². The molecule has 3 heterocycles. The van der Waals surface area contributed by atoms with Crippen LogP contribution < -0.4 is 5.32 Å². The van der Waals surface area contributed by atoms with Crippen LogP contribution in [0.4, 0.5) is 5.13 Å². The molecule has 1 unspecified atom stereocenters. The number of piperidine rings is 1. The molecule has 0 bridgehead atoms. The number of anilines is 1. The lowest BCUT2D eigenvalue weighted by Crippen LogP contribution is -2.51. The van der Waals surface area contributed by atoms with Gasteiger partial charge >= 0.3 is 0 Å². The molecule has 1 aliphatic carbocycles. The van der Waals surface area contributed by atoms with E-state index in [9.17, 15) is 18.0 Å². The number of hydrogen-bond acceptors (Lipinski definition) is 7. The molecular weight excluding hydrogens is 436 g/mol. The Labute approximate surface area is 188 Å². The first-order chi connectivity index (χ1) is 14.8. The highest BCUT2D eigenvalue weighted by molar-refractivity contribution is 7.91. The van der Waals surface area contributed by atoms with E-state index in [1.807, 2.05) is 17.2 Å². The fourth-order valence-corrected chi connectivity index (χ4v) is 7.53. The van der Waals surface area contributed by atoms with Crippen molar-refractivity contribution in [1.29, 1.82) is 0 Å². The van der Waals surface area contributed by atoms with Gasteiger partial charge in [-0.3, -0.25) is 14.5 Å². The van der Waals surface area contributed by atoms with Crippen LogP contribution in [0, 0.1) is 12.8 Å². The van der Waals surface area contributed by atoms with Crippen molar-refractivity contribution in [1.82, 2.24) is 14.8 Å². The van der Waals surface area contributed by atoms with E-state index in [1.54, 1.807) is 0 Å². The minimum Gasteiger partial charge on any atom is -0.335 e. The first kappa shape index (κ1) is 22.7. The highest BCUT2D eigenvalue weighted by atomic mass is 32.2. The molecule has 0 aromatic carbocycles. The Bertz CT molecular complexity index is 902. The second-order valence-corrected chi connectivity index (χ2v) is 12.2. The summed E-state index contributed by atoms with van der Waals surface area (Å²) in [5, 5.41) is 5.46. The Balaban J connectivity index is 1.31. The number of sulfone groups is 1. The maximum Gasteiger partial charge on any atom is 0.237 e. The fourth-order valence-electron chi connectivity index (χ4n) is 5.13. The second-order valence-electron chi connectivity index (χ2n) is 9.13. The standard InChI is InChI=1S/C21H32N4O4S2/c1-15-13-30-21(22-15)23-20(27)16-6-9-24(10-7-16)12-19(26)25(17-4-2-3-5-17)18-8-11-31(28,29)14-18/h13,16-18H,2-12,14H2,1H3,(H,22,23,27). The summed E-state index contributed by atoms with van der Waals surface area (Å²) in [5.74, 6) is 0.279. The van der Waals surface area contributed by atoms with Crippen LogP contribution >= 0.6 is 11.3 Å². The van der Waals surface area contributed by atoms with Crippen molar-refractivity contribution in [2.45, 2.75) is 64.0 Å². The van der Waals surface area contributed by atoms with Gasteiger partial charge in [-0.05, 0) is 52.1 Å². The Hall–Kier alpha value is -1.52. The highest BCUT2D eigenvalue weighted by Crippen LogP contribution is 2.30. The zero-order chi connectivity index (χ0) is 22.0. The molecule has 8 nitrogen and oxygen atoms in total. The van der Waals surface area contributed by atoms with Gasteiger partial charge in [0.15, 0.2) is 15.0 Å². The minimum atomic E-state index is -3.03. The molecule has 3 aliphatic rings. The van der Waals surface area contributed by atoms with Crippen LogP contribution in [-0.2, 0) is 19.4 Å². The van der Waals surface area contributed by atoms with E-state index in [0.29, 0.717) is 44.0 Å². The molecule has 2 amide bonds. The van der Waals surface area contributed by atoms with E-state index in [1.165, 1.54) is 11.3 Å². The smallest absolute Gasteiger partial charge is 0.237 e. The number of thiazole rings is 1. The maximum absolute atomic E-state index is 13.3. The molecule has 172 valence electrons. The third kappa shape index (κ3) is 5.64. The van der Waals surface area contributed by atoms with Crippen LogP contribution in [0.25, 0.3) is 0 Å². The van der Waals surface area contributed by atoms with Gasteiger partial charge in [-0.15, -0.1) is 11.3 Å². The van der Waals surface area contributed by atoms with Gasteiger partial charge in [0.1, 0.15) is 0 Å². The maximum atomic E-state index is 13.3. The van der Waals surface area contributed by atoms with Crippen molar-refractivity contribution >= 4 is 38.1 Å². The van der Waals surface area contributed by atoms with Crippen molar-refractivity contribution in [2.24, 2.45) is 5.92 Å². The molecule has 0 spiro atoms. The Morgan fingerprint density at radius 3 is 2.45 bits per heavy atom. The molecule has 1 saturated carbocycles. The minimum absolute atomic E-state index is 0.00377. The lowest BCUT2D eigenvalue weighted by atomic mass is 9.96. The predicted molar refractivity (Wildman–Crippen MR) is 121 cm³/mol. The number of aromatic nitrogens is 1. The summed E-state index contributed by atoms with van der Waals surface area (Å²) in [7, 11) is -3.03. The first-order valence-electron chi connectivity index (χ1n) is 11.3. The van der Waals surface area contributed by atoms with Crippen LogP contribution in [0.2, 0.25) is 0 Å². The normalized spacial score (nSPS) is 25.0. The summed E-state index contributed by atoms with van der Waals surface area (Å²) in [4.78, 5) is 34.1. The number of likely N-dealkylation sites (tertiary alicyclic amines) is 1. The first-order valence-corrected chi connectivity index (χ1v) is 14.0. The highest BCUT2D eigenvalue weighted by Gasteiger charge is 2.39. The third-order valence-corrected chi connectivity index (χ3v) is 9.40. The molecule has 0 radical (unpaired) electrons. The van der Waals surface area contributed by atoms with Crippen LogP contribution in [0.3, 0.4) is 0 Å². The average Bonchev–Trinajstić information content (AvgIpc) is 3.45. The molecular formula is C21H32N4O4S2. The molecule has 2 saturated heterocycles. The van der Waals surface area contributed by atoms with E-state index in [2.05, 4.69) is 15.2 Å². The quantitative estimate of drug-likeness (QED) is 0.686. The Morgan fingerprint density at radius 2 is 1.87 bits per heavy atom.